The molecule has 0 spiro atoms. The molecule has 0 unspecified atom stereocenters. The van der Waals surface area contributed by atoms with Crippen LogP contribution in [-0.2, 0) is 0 Å². The van der Waals surface area contributed by atoms with E-state index >= 15 is 0 Å². The fraction of sp³-hybridized carbons (Fsp3) is 0.167. The number of nitrogens with zero attached hydrogens (tertiary/aromatic N) is 2. The number of halogens is 2. The molecule has 0 bridgehead atoms. The monoisotopic (exact) mass is 314 g/mol. The Labute approximate surface area is 124 Å². The Kier molecular flexibility index (Phi) is 4.75. The number of thiazole rings is 1. The summed E-state index contributed by atoms with van der Waals surface area (Å²) in [5.41, 5.74) is 8.39. The number of nitrogens with two attached hydrogens (primary N) is 1. The van der Waals surface area contributed by atoms with E-state index in [9.17, 15) is 4.39 Å². The molecular formula is C12H12ClFN4OS. The van der Waals surface area contributed by atoms with Crippen molar-refractivity contribution in [2.75, 3.05) is 17.8 Å². The van der Waals surface area contributed by atoms with Gasteiger partial charge in [0.15, 0.2) is 11.6 Å². The quantitative estimate of drug-likeness (QED) is 0.655. The maximum atomic E-state index is 14.1. The molecule has 2 aromatic rings. The molecule has 0 fully saturated rings. The summed E-state index contributed by atoms with van der Waals surface area (Å²) in [6.45, 7) is 2.08. The van der Waals surface area contributed by atoms with E-state index in [1.807, 2.05) is 0 Å². The molecule has 20 heavy (non-hydrogen) atoms. The number of anilines is 2. The molecule has 5 nitrogen and oxygen atoms in total. The summed E-state index contributed by atoms with van der Waals surface area (Å²) in [6.07, 6.45) is 1.33. The fourth-order valence-electron chi connectivity index (χ4n) is 1.42. The van der Waals surface area contributed by atoms with Gasteiger partial charge in [0.25, 0.3) is 0 Å². The lowest BCUT2D eigenvalue weighted by molar-refractivity contribution is 0.321. The van der Waals surface area contributed by atoms with Crippen molar-refractivity contribution in [1.29, 1.82) is 0 Å². The number of rotatable bonds is 5. The van der Waals surface area contributed by atoms with Crippen LogP contribution in [0.3, 0.4) is 0 Å². The van der Waals surface area contributed by atoms with Gasteiger partial charge in [0.2, 0.25) is 5.13 Å². The van der Waals surface area contributed by atoms with Gasteiger partial charge >= 0.3 is 0 Å². The van der Waals surface area contributed by atoms with Crippen molar-refractivity contribution >= 4 is 40.1 Å². The summed E-state index contributed by atoms with van der Waals surface area (Å²) < 4.78 is 19.2. The van der Waals surface area contributed by atoms with Crippen LogP contribution in [0.5, 0.6) is 5.75 Å². The van der Waals surface area contributed by atoms with E-state index in [0.717, 1.165) is 0 Å². The number of benzene rings is 1. The number of aromatic nitrogens is 1. The lowest BCUT2D eigenvalue weighted by Gasteiger charge is -2.08. The summed E-state index contributed by atoms with van der Waals surface area (Å²) >= 11 is 7.17. The van der Waals surface area contributed by atoms with Gasteiger partial charge in [-0.1, -0.05) is 11.6 Å². The Hall–Kier alpha value is -1.86. The van der Waals surface area contributed by atoms with Crippen LogP contribution in [-0.4, -0.2) is 17.8 Å². The largest absolute Gasteiger partial charge is 0.489 e. The van der Waals surface area contributed by atoms with Crippen LogP contribution in [0.1, 0.15) is 12.5 Å². The topological polar surface area (TPSA) is 72.5 Å². The number of ether oxygens (including phenoxy) is 1. The molecule has 1 aromatic carbocycles. The minimum Gasteiger partial charge on any atom is -0.489 e. The van der Waals surface area contributed by atoms with Gasteiger partial charge in [-0.25, -0.2) is 9.37 Å². The molecule has 2 rings (SSSR count). The van der Waals surface area contributed by atoms with Crippen LogP contribution in [0.15, 0.2) is 22.6 Å². The van der Waals surface area contributed by atoms with Gasteiger partial charge in [-0.3, -0.25) is 5.43 Å². The molecule has 0 atom stereocenters. The minimum absolute atomic E-state index is 0.0246. The third kappa shape index (κ3) is 3.37. The minimum atomic E-state index is -0.552. The zero-order chi connectivity index (χ0) is 14.5. The molecule has 106 valence electrons. The van der Waals surface area contributed by atoms with Crippen LogP contribution in [0.4, 0.5) is 15.3 Å². The summed E-state index contributed by atoms with van der Waals surface area (Å²) in [6, 6.07) is 3.07. The molecule has 0 saturated heterocycles. The molecule has 1 heterocycles. The van der Waals surface area contributed by atoms with Crippen LogP contribution in [0.2, 0.25) is 5.02 Å². The first-order valence-corrected chi connectivity index (χ1v) is 6.98. The second-order valence-electron chi connectivity index (χ2n) is 3.66. The Balaban J connectivity index is 2.14. The van der Waals surface area contributed by atoms with Crippen molar-refractivity contribution in [2.45, 2.75) is 6.92 Å². The molecule has 0 aliphatic carbocycles. The first kappa shape index (κ1) is 14.5. The van der Waals surface area contributed by atoms with Gasteiger partial charge in [-0.15, -0.1) is 11.3 Å². The van der Waals surface area contributed by atoms with E-state index in [1.54, 1.807) is 18.4 Å². The van der Waals surface area contributed by atoms with Crippen molar-refractivity contribution in [3.05, 3.63) is 33.9 Å². The van der Waals surface area contributed by atoms with Crippen molar-refractivity contribution < 1.29 is 9.13 Å². The maximum absolute atomic E-state index is 14.1. The van der Waals surface area contributed by atoms with Crippen molar-refractivity contribution in [1.82, 2.24) is 4.98 Å². The zero-order valence-electron chi connectivity index (χ0n) is 10.6. The average Bonchev–Trinajstić information content (AvgIpc) is 2.83. The Morgan fingerprint density at radius 2 is 2.40 bits per heavy atom. The highest BCUT2D eigenvalue weighted by molar-refractivity contribution is 7.14. The SMILES string of the molecule is CCOc1c(Cl)ccc(C=NNc2nc(N)cs2)c1F. The van der Waals surface area contributed by atoms with Gasteiger partial charge in [0.1, 0.15) is 5.82 Å². The molecule has 0 aliphatic rings. The molecular weight excluding hydrogens is 303 g/mol. The van der Waals surface area contributed by atoms with Crippen LogP contribution in [0, 0.1) is 5.82 Å². The van der Waals surface area contributed by atoms with Crippen molar-refractivity contribution in [3.8, 4) is 5.75 Å². The van der Waals surface area contributed by atoms with E-state index in [2.05, 4.69) is 15.5 Å². The number of nitrogen functional groups attached to an aromatic ring is 1. The Morgan fingerprint density at radius 3 is 3.05 bits per heavy atom. The first-order valence-electron chi connectivity index (χ1n) is 5.72. The number of hydrogen-bond acceptors (Lipinski definition) is 6. The lowest BCUT2D eigenvalue weighted by atomic mass is 10.2. The number of nitrogens with one attached hydrogen (secondary N) is 1. The number of hydrogen-bond donors (Lipinski definition) is 2. The van der Waals surface area contributed by atoms with Crippen molar-refractivity contribution in [2.24, 2.45) is 5.10 Å². The second-order valence-corrected chi connectivity index (χ2v) is 4.93. The van der Waals surface area contributed by atoms with E-state index in [-0.39, 0.29) is 16.3 Å². The third-order valence-corrected chi connectivity index (χ3v) is 3.32. The fourth-order valence-corrected chi connectivity index (χ4v) is 2.17. The maximum Gasteiger partial charge on any atom is 0.205 e. The first-order chi connectivity index (χ1) is 9.61. The van der Waals surface area contributed by atoms with Crippen LogP contribution in [0.25, 0.3) is 0 Å². The molecule has 0 radical (unpaired) electrons. The summed E-state index contributed by atoms with van der Waals surface area (Å²) in [7, 11) is 0. The molecule has 0 aliphatic heterocycles. The predicted molar refractivity (Wildman–Crippen MR) is 80.3 cm³/mol. The molecule has 0 saturated carbocycles. The molecule has 1 aromatic heterocycles. The van der Waals surface area contributed by atoms with E-state index < -0.39 is 5.82 Å². The average molecular weight is 315 g/mol. The molecule has 0 amide bonds. The van der Waals surface area contributed by atoms with Crippen LogP contribution >= 0.6 is 22.9 Å². The van der Waals surface area contributed by atoms with E-state index in [0.29, 0.717) is 17.6 Å². The smallest absolute Gasteiger partial charge is 0.205 e. The highest BCUT2D eigenvalue weighted by atomic mass is 35.5. The molecule has 3 N–H and O–H groups in total. The lowest BCUT2D eigenvalue weighted by Crippen LogP contribution is -2.00. The van der Waals surface area contributed by atoms with Gasteiger partial charge in [-0.2, -0.15) is 5.10 Å². The van der Waals surface area contributed by atoms with Gasteiger partial charge < -0.3 is 10.5 Å². The van der Waals surface area contributed by atoms with E-state index in [1.165, 1.54) is 23.6 Å². The highest BCUT2D eigenvalue weighted by Gasteiger charge is 2.12. The van der Waals surface area contributed by atoms with Crippen molar-refractivity contribution in [3.63, 3.8) is 0 Å². The van der Waals surface area contributed by atoms with Gasteiger partial charge in [-0.05, 0) is 19.1 Å². The van der Waals surface area contributed by atoms with Gasteiger partial charge in [0.05, 0.1) is 17.8 Å². The molecule has 8 heteroatoms. The summed E-state index contributed by atoms with van der Waals surface area (Å²) in [5.74, 6) is -0.121. The van der Waals surface area contributed by atoms with Crippen LogP contribution < -0.4 is 15.9 Å². The summed E-state index contributed by atoms with van der Waals surface area (Å²) in [5, 5.41) is 6.32. The normalized spacial score (nSPS) is 10.9. The zero-order valence-corrected chi connectivity index (χ0v) is 12.1. The number of hydrazone groups is 1. The Morgan fingerprint density at radius 1 is 1.60 bits per heavy atom. The van der Waals surface area contributed by atoms with E-state index in [4.69, 9.17) is 22.1 Å². The summed E-state index contributed by atoms with van der Waals surface area (Å²) in [4.78, 5) is 3.96. The Bertz CT molecular complexity index is 632. The second kappa shape index (κ2) is 6.53. The van der Waals surface area contributed by atoms with Gasteiger partial charge in [0, 0.05) is 10.9 Å². The highest BCUT2D eigenvalue weighted by Crippen LogP contribution is 2.29. The standard InChI is InChI=1S/C12H12ClFN4OS/c1-2-19-11-8(13)4-3-7(10(11)14)5-16-18-12-17-9(15)6-20-12/h3-6H,2,15H2,1H3,(H,17,18). The predicted octanol–water partition coefficient (Wildman–Crippen LogP) is 3.36. The third-order valence-electron chi connectivity index (χ3n) is 2.25.